The SMILES string of the molecule is C[C@H](OC(=O)c1cccnc1)c1nc2scc(-c3cccs3)c2c(=O)[nH]1. The van der Waals surface area contributed by atoms with Gasteiger partial charge in [-0.05, 0) is 30.5 Å². The molecule has 4 rings (SSSR count). The van der Waals surface area contributed by atoms with Gasteiger partial charge < -0.3 is 9.72 Å². The molecule has 26 heavy (non-hydrogen) atoms. The quantitative estimate of drug-likeness (QED) is 0.538. The monoisotopic (exact) mass is 383 g/mol. The van der Waals surface area contributed by atoms with E-state index in [1.807, 2.05) is 22.9 Å². The summed E-state index contributed by atoms with van der Waals surface area (Å²) in [5, 5.41) is 4.45. The molecule has 0 fully saturated rings. The average molecular weight is 383 g/mol. The number of carbonyl (C=O) groups is 1. The van der Waals surface area contributed by atoms with E-state index in [1.165, 1.54) is 17.5 Å². The highest BCUT2D eigenvalue weighted by atomic mass is 32.1. The number of pyridine rings is 1. The summed E-state index contributed by atoms with van der Waals surface area (Å²) in [5.41, 5.74) is 0.984. The van der Waals surface area contributed by atoms with Gasteiger partial charge in [-0.25, -0.2) is 9.78 Å². The van der Waals surface area contributed by atoms with Gasteiger partial charge in [0.15, 0.2) is 11.9 Å². The van der Waals surface area contributed by atoms with Crippen LogP contribution in [0.1, 0.15) is 29.2 Å². The van der Waals surface area contributed by atoms with Gasteiger partial charge >= 0.3 is 5.97 Å². The number of hydrogen-bond donors (Lipinski definition) is 1. The fourth-order valence-electron chi connectivity index (χ4n) is 2.54. The van der Waals surface area contributed by atoms with Crippen molar-refractivity contribution in [3.05, 3.63) is 69.2 Å². The van der Waals surface area contributed by atoms with E-state index in [4.69, 9.17) is 4.74 Å². The smallest absolute Gasteiger partial charge is 0.340 e. The maximum Gasteiger partial charge on any atom is 0.340 e. The van der Waals surface area contributed by atoms with Crippen LogP contribution >= 0.6 is 22.7 Å². The molecule has 4 aromatic rings. The summed E-state index contributed by atoms with van der Waals surface area (Å²) in [7, 11) is 0. The first-order chi connectivity index (χ1) is 12.6. The first-order valence-corrected chi connectivity index (χ1v) is 9.55. The predicted molar refractivity (Wildman–Crippen MR) is 102 cm³/mol. The zero-order chi connectivity index (χ0) is 18.1. The van der Waals surface area contributed by atoms with Crippen molar-refractivity contribution in [2.45, 2.75) is 13.0 Å². The lowest BCUT2D eigenvalue weighted by atomic mass is 10.2. The number of thiophene rings is 2. The third kappa shape index (κ3) is 3.04. The van der Waals surface area contributed by atoms with Gasteiger partial charge in [0, 0.05) is 28.2 Å². The Morgan fingerprint density at radius 2 is 2.15 bits per heavy atom. The number of H-pyrrole nitrogens is 1. The van der Waals surface area contributed by atoms with Crippen LogP contribution in [0.2, 0.25) is 0 Å². The molecule has 0 aliphatic carbocycles. The molecule has 1 N–H and O–H groups in total. The van der Waals surface area contributed by atoms with Crippen molar-refractivity contribution in [2.75, 3.05) is 0 Å². The summed E-state index contributed by atoms with van der Waals surface area (Å²) >= 11 is 2.97. The number of ether oxygens (including phenoxy) is 1. The Bertz CT molecular complexity index is 1120. The number of esters is 1. The van der Waals surface area contributed by atoms with E-state index in [2.05, 4.69) is 15.0 Å². The summed E-state index contributed by atoms with van der Waals surface area (Å²) in [4.78, 5) is 37.5. The summed E-state index contributed by atoms with van der Waals surface area (Å²) in [6.45, 7) is 1.67. The number of hydrogen-bond acceptors (Lipinski definition) is 7. The molecule has 0 aliphatic rings. The molecule has 0 unspecified atom stereocenters. The Hall–Kier alpha value is -2.84. The van der Waals surface area contributed by atoms with Crippen LogP contribution in [0.3, 0.4) is 0 Å². The molecule has 1 atom stereocenters. The summed E-state index contributed by atoms with van der Waals surface area (Å²) in [6, 6.07) is 7.19. The minimum atomic E-state index is -0.688. The molecule has 0 aliphatic heterocycles. The van der Waals surface area contributed by atoms with Crippen molar-refractivity contribution < 1.29 is 9.53 Å². The maximum absolute atomic E-state index is 12.6. The van der Waals surface area contributed by atoms with Crippen molar-refractivity contribution in [2.24, 2.45) is 0 Å². The fourth-order valence-corrected chi connectivity index (χ4v) is 4.31. The van der Waals surface area contributed by atoms with Gasteiger partial charge in [0.25, 0.3) is 5.56 Å². The second kappa shape index (κ2) is 6.81. The third-order valence-corrected chi connectivity index (χ3v) is 5.59. The highest BCUT2D eigenvalue weighted by molar-refractivity contribution is 7.18. The zero-order valence-corrected chi connectivity index (χ0v) is 15.3. The molecule has 0 radical (unpaired) electrons. The second-order valence-corrected chi connectivity index (χ2v) is 7.35. The predicted octanol–water partition coefficient (Wildman–Crippen LogP) is 4.03. The van der Waals surface area contributed by atoms with E-state index in [1.54, 1.807) is 36.6 Å². The lowest BCUT2D eigenvalue weighted by Gasteiger charge is -2.12. The second-order valence-electron chi connectivity index (χ2n) is 5.55. The van der Waals surface area contributed by atoms with E-state index in [9.17, 15) is 9.59 Å². The fraction of sp³-hybridized carbons (Fsp3) is 0.111. The average Bonchev–Trinajstić information content (AvgIpc) is 3.31. The van der Waals surface area contributed by atoms with Gasteiger partial charge in [-0.1, -0.05) is 6.07 Å². The first-order valence-electron chi connectivity index (χ1n) is 7.80. The van der Waals surface area contributed by atoms with E-state index >= 15 is 0 Å². The molecule has 4 heterocycles. The molecule has 130 valence electrons. The lowest BCUT2D eigenvalue weighted by Crippen LogP contribution is -2.17. The molecular formula is C18H13N3O3S2. The number of aromatic amines is 1. The topological polar surface area (TPSA) is 84.9 Å². The van der Waals surface area contributed by atoms with Crippen molar-refractivity contribution >= 4 is 38.9 Å². The van der Waals surface area contributed by atoms with E-state index < -0.39 is 12.1 Å². The van der Waals surface area contributed by atoms with Crippen LogP contribution in [0.5, 0.6) is 0 Å². The number of nitrogens with one attached hydrogen (secondary N) is 1. The van der Waals surface area contributed by atoms with Gasteiger partial charge in [0.2, 0.25) is 0 Å². The Labute approximate surface area is 156 Å². The van der Waals surface area contributed by atoms with Gasteiger partial charge in [0.05, 0.1) is 10.9 Å². The summed E-state index contributed by atoms with van der Waals surface area (Å²) < 4.78 is 5.40. The maximum atomic E-state index is 12.6. The molecule has 0 saturated heterocycles. The minimum absolute atomic E-state index is 0.237. The molecule has 0 bridgehead atoms. The van der Waals surface area contributed by atoms with Gasteiger partial charge in [-0.3, -0.25) is 9.78 Å². The summed E-state index contributed by atoms with van der Waals surface area (Å²) in [6.07, 6.45) is 2.32. The highest BCUT2D eigenvalue weighted by Crippen LogP contribution is 2.33. The molecule has 0 spiro atoms. The molecule has 0 saturated carbocycles. The Kier molecular flexibility index (Phi) is 4.36. The van der Waals surface area contributed by atoms with Gasteiger partial charge in [-0.15, -0.1) is 22.7 Å². The van der Waals surface area contributed by atoms with E-state index in [0.717, 1.165) is 10.4 Å². The van der Waals surface area contributed by atoms with Gasteiger partial charge in [-0.2, -0.15) is 0 Å². The Morgan fingerprint density at radius 1 is 1.27 bits per heavy atom. The highest BCUT2D eigenvalue weighted by Gasteiger charge is 2.19. The standard InChI is InChI=1S/C18H13N3O3S2/c1-10(24-18(23)11-4-2-6-19-8-11)15-20-16(22)14-12(9-26-17(14)21-15)13-5-3-7-25-13/h2-10H,1H3,(H,20,21,22)/t10-/m0/s1. The van der Waals surface area contributed by atoms with Gasteiger partial charge in [0.1, 0.15) is 4.83 Å². The molecule has 4 aromatic heterocycles. The minimum Gasteiger partial charge on any atom is -0.451 e. The van der Waals surface area contributed by atoms with Crippen LogP contribution in [-0.4, -0.2) is 20.9 Å². The normalized spacial score (nSPS) is 12.2. The molecular weight excluding hydrogens is 370 g/mol. The Balaban J connectivity index is 1.65. The van der Waals surface area contributed by atoms with Crippen LogP contribution in [0.4, 0.5) is 0 Å². The summed E-state index contributed by atoms with van der Waals surface area (Å²) in [5.74, 6) is -0.196. The van der Waals surface area contributed by atoms with E-state index in [-0.39, 0.29) is 5.56 Å². The number of fused-ring (bicyclic) bond motifs is 1. The van der Waals surface area contributed by atoms with Crippen molar-refractivity contribution in [3.63, 3.8) is 0 Å². The molecule has 0 amide bonds. The van der Waals surface area contributed by atoms with E-state index in [0.29, 0.717) is 21.6 Å². The largest absolute Gasteiger partial charge is 0.451 e. The first kappa shape index (κ1) is 16.6. The third-order valence-electron chi connectivity index (χ3n) is 3.82. The van der Waals surface area contributed by atoms with Crippen LogP contribution in [0, 0.1) is 0 Å². The van der Waals surface area contributed by atoms with Crippen LogP contribution in [0.25, 0.3) is 20.7 Å². The van der Waals surface area contributed by atoms with Crippen LogP contribution in [-0.2, 0) is 4.74 Å². The number of aromatic nitrogens is 3. The Morgan fingerprint density at radius 3 is 2.88 bits per heavy atom. The van der Waals surface area contributed by atoms with Crippen molar-refractivity contribution in [1.29, 1.82) is 0 Å². The molecule has 0 aromatic carbocycles. The lowest BCUT2D eigenvalue weighted by molar-refractivity contribution is 0.0319. The molecule has 8 heteroatoms. The number of carbonyl (C=O) groups excluding carboxylic acids is 1. The number of rotatable bonds is 4. The zero-order valence-electron chi connectivity index (χ0n) is 13.6. The van der Waals surface area contributed by atoms with Crippen molar-refractivity contribution in [3.8, 4) is 10.4 Å². The number of nitrogens with zero attached hydrogens (tertiary/aromatic N) is 2. The van der Waals surface area contributed by atoms with Crippen LogP contribution in [0.15, 0.2) is 52.2 Å². The van der Waals surface area contributed by atoms with Crippen LogP contribution < -0.4 is 5.56 Å². The van der Waals surface area contributed by atoms with Crippen molar-refractivity contribution in [1.82, 2.24) is 15.0 Å². The molecule has 6 nitrogen and oxygen atoms in total.